The van der Waals surface area contributed by atoms with Crippen molar-refractivity contribution in [2.45, 2.75) is 6.54 Å². The van der Waals surface area contributed by atoms with E-state index in [9.17, 15) is 4.79 Å². The lowest BCUT2D eigenvalue weighted by Gasteiger charge is -2.17. The molecule has 2 rings (SSSR count). The van der Waals surface area contributed by atoms with E-state index < -0.39 is 5.76 Å². The number of anilines is 1. The van der Waals surface area contributed by atoms with E-state index in [1.165, 1.54) is 29.8 Å². The van der Waals surface area contributed by atoms with Crippen LogP contribution in [0.3, 0.4) is 0 Å². The summed E-state index contributed by atoms with van der Waals surface area (Å²) in [6.45, 7) is 0.427. The first-order chi connectivity index (χ1) is 7.69. The third-order valence-electron chi connectivity index (χ3n) is 1.82. The number of nitrogens with zero attached hydrogens (tertiary/aromatic N) is 2. The average Bonchev–Trinajstić information content (AvgIpc) is 2.84. The SMILES string of the molecule is CON(Cc1cnc(Cl)s1)c1coc(=O)[nH]1. The fraction of sp³-hybridized carbons (Fsp3) is 0.250. The minimum atomic E-state index is -0.528. The lowest BCUT2D eigenvalue weighted by atomic mass is 10.5. The van der Waals surface area contributed by atoms with E-state index in [2.05, 4.69) is 14.4 Å². The lowest BCUT2D eigenvalue weighted by Crippen LogP contribution is -2.21. The molecule has 0 atom stereocenters. The highest BCUT2D eigenvalue weighted by atomic mass is 35.5. The van der Waals surface area contributed by atoms with Crippen LogP contribution in [0.4, 0.5) is 5.82 Å². The quantitative estimate of drug-likeness (QED) is 0.848. The first-order valence-corrected chi connectivity index (χ1v) is 5.48. The monoisotopic (exact) mass is 261 g/mol. The van der Waals surface area contributed by atoms with Crippen molar-refractivity contribution in [1.29, 1.82) is 0 Å². The van der Waals surface area contributed by atoms with Crippen LogP contribution >= 0.6 is 22.9 Å². The number of H-pyrrole nitrogens is 1. The summed E-state index contributed by atoms with van der Waals surface area (Å²) in [5, 5.41) is 1.47. The van der Waals surface area contributed by atoms with Crippen LogP contribution in [0, 0.1) is 0 Å². The second-order valence-corrected chi connectivity index (χ2v) is 4.53. The zero-order chi connectivity index (χ0) is 11.5. The number of hydroxylamine groups is 1. The maximum absolute atomic E-state index is 10.8. The van der Waals surface area contributed by atoms with Crippen molar-refractivity contribution in [3.63, 3.8) is 0 Å². The van der Waals surface area contributed by atoms with Crippen LogP contribution in [-0.2, 0) is 11.4 Å². The van der Waals surface area contributed by atoms with Gasteiger partial charge in [-0.25, -0.2) is 14.8 Å². The molecule has 2 heterocycles. The molecule has 0 spiro atoms. The van der Waals surface area contributed by atoms with Crippen molar-refractivity contribution >= 4 is 28.8 Å². The summed E-state index contributed by atoms with van der Waals surface area (Å²) in [5.74, 6) is -0.0867. The molecule has 2 aromatic heterocycles. The topological polar surface area (TPSA) is 71.4 Å². The standard InChI is InChI=1S/C8H8ClN3O3S/c1-14-12(6-4-15-8(13)11-6)3-5-2-10-7(9)16-5/h2,4H,3H2,1H3,(H,11,13). The fourth-order valence-corrected chi connectivity index (χ4v) is 2.10. The summed E-state index contributed by atoms with van der Waals surface area (Å²) in [4.78, 5) is 23.2. The maximum atomic E-state index is 10.8. The molecular weight excluding hydrogens is 254 g/mol. The third-order valence-corrected chi connectivity index (χ3v) is 2.92. The second-order valence-electron chi connectivity index (χ2n) is 2.83. The number of hydrogen-bond acceptors (Lipinski definition) is 6. The van der Waals surface area contributed by atoms with Crippen molar-refractivity contribution in [1.82, 2.24) is 9.97 Å². The molecule has 1 N–H and O–H groups in total. The number of oxazole rings is 1. The molecule has 0 aliphatic heterocycles. The molecule has 0 radical (unpaired) electrons. The van der Waals surface area contributed by atoms with Gasteiger partial charge in [0.15, 0.2) is 10.3 Å². The van der Waals surface area contributed by atoms with Gasteiger partial charge in [-0.3, -0.25) is 9.82 Å². The number of aromatic amines is 1. The Morgan fingerprint density at radius 1 is 1.75 bits per heavy atom. The Morgan fingerprint density at radius 3 is 3.06 bits per heavy atom. The highest BCUT2D eigenvalue weighted by Crippen LogP contribution is 2.21. The average molecular weight is 262 g/mol. The van der Waals surface area contributed by atoms with Crippen LogP contribution in [0.1, 0.15) is 4.88 Å². The lowest BCUT2D eigenvalue weighted by molar-refractivity contribution is 0.161. The number of nitrogens with one attached hydrogen (secondary N) is 1. The predicted octanol–water partition coefficient (Wildman–Crippen LogP) is 1.65. The van der Waals surface area contributed by atoms with Gasteiger partial charge in [0.2, 0.25) is 0 Å². The van der Waals surface area contributed by atoms with Gasteiger partial charge in [-0.1, -0.05) is 11.6 Å². The maximum Gasteiger partial charge on any atom is 0.417 e. The Kier molecular flexibility index (Phi) is 3.28. The van der Waals surface area contributed by atoms with Crippen LogP contribution in [0.15, 0.2) is 21.7 Å². The number of hydrogen-bond donors (Lipinski definition) is 1. The van der Waals surface area contributed by atoms with Gasteiger partial charge in [0.25, 0.3) is 0 Å². The van der Waals surface area contributed by atoms with E-state index >= 15 is 0 Å². The van der Waals surface area contributed by atoms with Gasteiger partial charge < -0.3 is 4.42 Å². The molecule has 0 aliphatic carbocycles. The van der Waals surface area contributed by atoms with E-state index in [4.69, 9.17) is 16.4 Å². The minimum absolute atomic E-state index is 0.427. The Bertz CT molecular complexity index is 520. The zero-order valence-electron chi connectivity index (χ0n) is 8.27. The molecule has 0 unspecified atom stereocenters. The highest BCUT2D eigenvalue weighted by Gasteiger charge is 2.11. The predicted molar refractivity (Wildman–Crippen MR) is 59.6 cm³/mol. The normalized spacial score (nSPS) is 10.6. The van der Waals surface area contributed by atoms with Gasteiger partial charge in [-0.15, -0.1) is 11.3 Å². The fourth-order valence-electron chi connectivity index (χ4n) is 1.14. The van der Waals surface area contributed by atoms with Crippen molar-refractivity contribution < 1.29 is 9.25 Å². The smallest absolute Gasteiger partial charge is 0.414 e. The first-order valence-electron chi connectivity index (χ1n) is 4.28. The molecule has 0 bridgehead atoms. The summed E-state index contributed by atoms with van der Waals surface area (Å²) >= 11 is 7.05. The van der Waals surface area contributed by atoms with Crippen molar-refractivity contribution in [2.75, 3.05) is 12.2 Å². The van der Waals surface area contributed by atoms with Gasteiger partial charge in [-0.05, 0) is 0 Å². The van der Waals surface area contributed by atoms with Gasteiger partial charge in [0, 0.05) is 11.1 Å². The van der Waals surface area contributed by atoms with Gasteiger partial charge in [-0.2, -0.15) is 0 Å². The Labute approximate surface area is 99.4 Å². The van der Waals surface area contributed by atoms with Crippen molar-refractivity contribution in [2.24, 2.45) is 0 Å². The van der Waals surface area contributed by atoms with Crippen LogP contribution < -0.4 is 10.8 Å². The van der Waals surface area contributed by atoms with E-state index in [0.717, 1.165) is 4.88 Å². The number of aromatic nitrogens is 2. The molecule has 0 amide bonds. The zero-order valence-corrected chi connectivity index (χ0v) is 9.84. The van der Waals surface area contributed by atoms with Crippen LogP contribution in [-0.4, -0.2) is 17.1 Å². The van der Waals surface area contributed by atoms with Crippen LogP contribution in [0.5, 0.6) is 0 Å². The second kappa shape index (κ2) is 4.69. The summed E-state index contributed by atoms with van der Waals surface area (Å²) in [6, 6.07) is 0. The van der Waals surface area contributed by atoms with Crippen molar-refractivity contribution in [3.05, 3.63) is 32.4 Å². The Morgan fingerprint density at radius 2 is 2.56 bits per heavy atom. The molecule has 8 heteroatoms. The molecule has 0 saturated heterocycles. The summed E-state index contributed by atoms with van der Waals surface area (Å²) in [7, 11) is 1.49. The highest BCUT2D eigenvalue weighted by molar-refractivity contribution is 7.15. The molecule has 2 aromatic rings. The van der Waals surface area contributed by atoms with Gasteiger partial charge in [0.05, 0.1) is 13.7 Å². The van der Waals surface area contributed by atoms with Crippen molar-refractivity contribution in [3.8, 4) is 0 Å². The summed E-state index contributed by atoms with van der Waals surface area (Å²) < 4.78 is 5.08. The van der Waals surface area contributed by atoms with E-state index in [1.54, 1.807) is 6.20 Å². The van der Waals surface area contributed by atoms with Gasteiger partial charge >= 0.3 is 5.76 Å². The first kappa shape index (κ1) is 11.2. The Balaban J connectivity index is 2.15. The molecule has 0 aliphatic rings. The minimum Gasteiger partial charge on any atom is -0.414 e. The molecule has 6 nitrogen and oxygen atoms in total. The van der Waals surface area contributed by atoms with E-state index in [0.29, 0.717) is 16.8 Å². The number of halogens is 1. The molecule has 0 aromatic carbocycles. The van der Waals surface area contributed by atoms with E-state index in [-0.39, 0.29) is 0 Å². The third kappa shape index (κ3) is 2.43. The molecule has 16 heavy (non-hydrogen) atoms. The van der Waals surface area contributed by atoms with Crippen LogP contribution in [0.2, 0.25) is 4.47 Å². The number of rotatable bonds is 4. The van der Waals surface area contributed by atoms with Gasteiger partial charge in [0.1, 0.15) is 6.26 Å². The molecular formula is C8H8ClN3O3S. The summed E-state index contributed by atoms with van der Waals surface area (Å²) in [6.07, 6.45) is 2.94. The molecule has 0 fully saturated rings. The molecule has 86 valence electrons. The summed E-state index contributed by atoms with van der Waals surface area (Å²) in [5.41, 5.74) is 0. The number of thiazole rings is 1. The molecule has 0 saturated carbocycles. The van der Waals surface area contributed by atoms with E-state index in [1.807, 2.05) is 0 Å². The van der Waals surface area contributed by atoms with Crippen LogP contribution in [0.25, 0.3) is 0 Å². The Hall–Kier alpha value is -1.31. The largest absolute Gasteiger partial charge is 0.417 e.